The van der Waals surface area contributed by atoms with Gasteiger partial charge >= 0.3 is 5.97 Å². The van der Waals surface area contributed by atoms with Crippen molar-refractivity contribution < 1.29 is 9.90 Å². The second-order valence-corrected chi connectivity index (χ2v) is 9.80. The van der Waals surface area contributed by atoms with Crippen LogP contribution in [0, 0.1) is 29.6 Å². The maximum atomic E-state index is 11.4. The summed E-state index contributed by atoms with van der Waals surface area (Å²) >= 11 is 1.65. The number of benzene rings is 1. The zero-order valence-electron chi connectivity index (χ0n) is 16.7. The van der Waals surface area contributed by atoms with Gasteiger partial charge in [-0.05, 0) is 47.3 Å². The molecule has 4 unspecified atom stereocenters. The third kappa shape index (κ3) is 3.40. The van der Waals surface area contributed by atoms with Crippen LogP contribution in [0.25, 0.3) is 0 Å². The second kappa shape index (κ2) is 7.29. The molecule has 152 valence electrons. The van der Waals surface area contributed by atoms with Crippen LogP contribution in [0.15, 0.2) is 40.5 Å². The number of likely N-dealkylation sites (tertiary alicyclic amines) is 1. The minimum Gasteiger partial charge on any atom is -0.481 e. The number of rotatable bonds is 4. The maximum absolute atomic E-state index is 11.4. The highest BCUT2D eigenvalue weighted by molar-refractivity contribution is 7.99. The fourth-order valence-corrected chi connectivity index (χ4v) is 6.50. The normalized spacial score (nSPS) is 30.3. The van der Waals surface area contributed by atoms with Crippen LogP contribution in [0.3, 0.4) is 0 Å². The molecule has 1 aromatic carbocycles. The van der Waals surface area contributed by atoms with E-state index < -0.39 is 5.97 Å². The molecule has 2 N–H and O–H groups in total. The zero-order chi connectivity index (χ0) is 20.1. The minimum absolute atomic E-state index is 0.318. The van der Waals surface area contributed by atoms with E-state index in [1.807, 2.05) is 0 Å². The van der Waals surface area contributed by atoms with E-state index in [4.69, 9.17) is 0 Å². The quantitative estimate of drug-likeness (QED) is 0.670. The molecular formula is C22H26N4O2S. The Morgan fingerprint density at radius 2 is 1.93 bits per heavy atom. The van der Waals surface area contributed by atoms with E-state index in [1.54, 1.807) is 24.2 Å². The van der Waals surface area contributed by atoms with Crippen LogP contribution in [0.2, 0.25) is 0 Å². The van der Waals surface area contributed by atoms with E-state index in [2.05, 4.69) is 52.2 Å². The summed E-state index contributed by atoms with van der Waals surface area (Å²) in [5.41, 5.74) is 2.37. The van der Waals surface area contributed by atoms with Crippen molar-refractivity contribution in [2.75, 3.05) is 18.4 Å². The lowest BCUT2D eigenvalue weighted by Gasteiger charge is -2.38. The van der Waals surface area contributed by atoms with Gasteiger partial charge in [0.2, 0.25) is 0 Å². The number of aromatic nitrogens is 2. The Kier molecular flexibility index (Phi) is 4.75. The van der Waals surface area contributed by atoms with Crippen LogP contribution in [-0.4, -0.2) is 39.0 Å². The zero-order valence-corrected chi connectivity index (χ0v) is 17.5. The Bertz CT molecular complexity index is 934. The molecule has 29 heavy (non-hydrogen) atoms. The first-order valence-electron chi connectivity index (χ1n) is 10.3. The van der Waals surface area contributed by atoms with Gasteiger partial charge in [0.15, 0.2) is 5.82 Å². The number of piperidine rings is 1. The van der Waals surface area contributed by atoms with Gasteiger partial charge in [-0.15, -0.1) is 0 Å². The molecule has 2 bridgehead atoms. The number of hydrogen-bond acceptors (Lipinski definition) is 6. The number of hydrogen-bond donors (Lipinski definition) is 2. The summed E-state index contributed by atoms with van der Waals surface area (Å²) in [6, 6.07) is 6.59. The molecule has 1 aromatic heterocycles. The highest BCUT2D eigenvalue weighted by Gasteiger charge is 2.50. The smallest absolute Gasteiger partial charge is 0.303 e. The van der Waals surface area contributed by atoms with Gasteiger partial charge in [0.25, 0.3) is 0 Å². The number of nitrogens with one attached hydrogen (secondary N) is 1. The van der Waals surface area contributed by atoms with Gasteiger partial charge in [0.1, 0.15) is 5.03 Å². The van der Waals surface area contributed by atoms with Gasteiger partial charge < -0.3 is 10.4 Å². The van der Waals surface area contributed by atoms with Gasteiger partial charge in [-0.1, -0.05) is 31.7 Å². The van der Waals surface area contributed by atoms with Crippen molar-refractivity contribution in [1.29, 1.82) is 0 Å². The maximum Gasteiger partial charge on any atom is 0.303 e. The molecule has 1 saturated carbocycles. The van der Waals surface area contributed by atoms with E-state index in [0.717, 1.165) is 36.2 Å². The van der Waals surface area contributed by atoms with Gasteiger partial charge in [0.05, 0.1) is 5.69 Å². The molecule has 2 aliphatic heterocycles. The number of carboxylic acid groups (broad SMARTS) is 1. The van der Waals surface area contributed by atoms with Gasteiger partial charge in [-0.3, -0.25) is 9.69 Å². The monoisotopic (exact) mass is 410 g/mol. The third-order valence-corrected chi connectivity index (χ3v) is 8.27. The lowest BCUT2D eigenvalue weighted by molar-refractivity contribution is -0.139. The molecule has 0 radical (unpaired) electrons. The van der Waals surface area contributed by atoms with Crippen molar-refractivity contribution in [1.82, 2.24) is 14.9 Å². The minimum atomic E-state index is -0.651. The van der Waals surface area contributed by atoms with E-state index in [1.165, 1.54) is 10.5 Å². The number of aliphatic carboxylic acids is 1. The highest BCUT2D eigenvalue weighted by Crippen LogP contribution is 2.51. The summed E-state index contributed by atoms with van der Waals surface area (Å²) in [6.45, 7) is 7.51. The molecule has 1 aliphatic carbocycles. The molecule has 1 saturated heterocycles. The van der Waals surface area contributed by atoms with E-state index in [-0.39, 0.29) is 0 Å². The molecule has 0 amide bonds. The Balaban J connectivity index is 1.32. The third-order valence-electron chi connectivity index (χ3n) is 7.20. The number of anilines is 2. The van der Waals surface area contributed by atoms with Crippen LogP contribution in [0.4, 0.5) is 11.5 Å². The summed E-state index contributed by atoms with van der Waals surface area (Å²) in [5, 5.41) is 13.7. The van der Waals surface area contributed by atoms with Crippen LogP contribution < -0.4 is 5.32 Å². The number of carbonyl (C=O) groups is 1. The second-order valence-electron chi connectivity index (χ2n) is 8.77. The van der Waals surface area contributed by atoms with E-state index in [9.17, 15) is 9.90 Å². The van der Waals surface area contributed by atoms with E-state index >= 15 is 0 Å². The van der Waals surface area contributed by atoms with Crippen molar-refractivity contribution in [3.8, 4) is 0 Å². The van der Waals surface area contributed by atoms with Crippen molar-refractivity contribution in [2.24, 2.45) is 29.6 Å². The standard InChI is InChI=1S/C22H26N4O2S/c1-12-13(2)17-11-26(10-16(12)15(17)8-20(27)28)9-14-3-4-19-18(7-14)25-21-22(29-19)24-6-5-23-21/h3-7,12-13,15-17H,8-11H2,1-2H3,(H,23,25)(H,27,28). The summed E-state index contributed by atoms with van der Waals surface area (Å²) in [6.07, 6.45) is 3.75. The predicted molar refractivity (Wildman–Crippen MR) is 112 cm³/mol. The number of nitrogens with zero attached hydrogens (tertiary/aromatic N) is 3. The van der Waals surface area contributed by atoms with Gasteiger partial charge in [0, 0.05) is 43.3 Å². The fraction of sp³-hybridized carbons (Fsp3) is 0.500. The summed E-state index contributed by atoms with van der Waals surface area (Å²) < 4.78 is 0. The number of fused-ring (bicyclic) bond motifs is 4. The van der Waals surface area contributed by atoms with Crippen molar-refractivity contribution in [3.63, 3.8) is 0 Å². The summed E-state index contributed by atoms with van der Waals surface area (Å²) in [5.74, 6) is 2.63. The Morgan fingerprint density at radius 3 is 2.66 bits per heavy atom. The Hall–Kier alpha value is -2.12. The average Bonchev–Trinajstić information content (AvgIpc) is 2.83. The van der Waals surface area contributed by atoms with Crippen molar-refractivity contribution in [3.05, 3.63) is 36.2 Å². The lowest BCUT2D eigenvalue weighted by Crippen LogP contribution is -2.43. The topological polar surface area (TPSA) is 78.3 Å². The molecule has 3 aliphatic rings. The molecule has 4 atom stereocenters. The van der Waals surface area contributed by atoms with Crippen LogP contribution in [0.5, 0.6) is 0 Å². The molecular weight excluding hydrogens is 384 g/mol. The lowest BCUT2D eigenvalue weighted by atomic mass is 9.80. The number of carboxylic acids is 1. The average molecular weight is 411 g/mol. The Labute approximate surface area is 175 Å². The molecule has 2 fully saturated rings. The van der Waals surface area contributed by atoms with Crippen LogP contribution in [-0.2, 0) is 11.3 Å². The van der Waals surface area contributed by atoms with Gasteiger partial charge in [-0.25, -0.2) is 9.97 Å². The molecule has 5 rings (SSSR count). The SMILES string of the molecule is CC1C(C)C2CN(Cc3ccc4c(c3)Nc3nccnc3S4)CC1C2CC(=O)O. The fourth-order valence-electron chi connectivity index (χ4n) is 5.62. The first-order valence-corrected chi connectivity index (χ1v) is 11.1. The van der Waals surface area contributed by atoms with Crippen LogP contribution >= 0.6 is 11.8 Å². The molecule has 2 aromatic rings. The first kappa shape index (κ1) is 18.9. The van der Waals surface area contributed by atoms with Crippen molar-refractivity contribution >= 4 is 29.2 Å². The first-order chi connectivity index (χ1) is 14.0. The van der Waals surface area contributed by atoms with Crippen LogP contribution in [0.1, 0.15) is 25.8 Å². The largest absolute Gasteiger partial charge is 0.481 e. The van der Waals surface area contributed by atoms with E-state index in [0.29, 0.717) is 36.0 Å². The highest BCUT2D eigenvalue weighted by atomic mass is 32.2. The molecule has 7 heteroatoms. The molecule has 3 heterocycles. The molecule has 0 spiro atoms. The summed E-state index contributed by atoms with van der Waals surface area (Å²) in [4.78, 5) is 23.8. The summed E-state index contributed by atoms with van der Waals surface area (Å²) in [7, 11) is 0. The van der Waals surface area contributed by atoms with Crippen molar-refractivity contribution in [2.45, 2.75) is 36.7 Å². The van der Waals surface area contributed by atoms with Gasteiger partial charge in [-0.2, -0.15) is 0 Å². The molecule has 6 nitrogen and oxygen atoms in total. The predicted octanol–water partition coefficient (Wildman–Crippen LogP) is 4.11. The Morgan fingerprint density at radius 1 is 1.21 bits per heavy atom.